The van der Waals surface area contributed by atoms with E-state index < -0.39 is 11.6 Å². The number of hydrogen-bond acceptors (Lipinski definition) is 1. The highest BCUT2D eigenvalue weighted by atomic mass is 35.5. The summed E-state index contributed by atoms with van der Waals surface area (Å²) in [6.07, 6.45) is 0. The van der Waals surface area contributed by atoms with Crippen LogP contribution in [0.2, 0.25) is 5.02 Å². The number of benzene rings is 2. The molecule has 0 fully saturated rings. The third-order valence-corrected chi connectivity index (χ3v) is 3.88. The fraction of sp³-hybridized carbons (Fsp3) is 0.294. The van der Waals surface area contributed by atoms with Crippen LogP contribution in [0.5, 0.6) is 0 Å². The van der Waals surface area contributed by atoms with Crippen LogP contribution in [0, 0.1) is 25.5 Å². The van der Waals surface area contributed by atoms with Crippen LogP contribution in [0.15, 0.2) is 30.3 Å². The van der Waals surface area contributed by atoms with Crippen molar-refractivity contribution in [3.63, 3.8) is 0 Å². The Balaban J connectivity index is 2.55. The van der Waals surface area contributed by atoms with Crippen LogP contribution in [0.1, 0.15) is 35.2 Å². The summed E-state index contributed by atoms with van der Waals surface area (Å²) in [5, 5.41) is 3.83. The van der Waals surface area contributed by atoms with E-state index >= 15 is 0 Å². The zero-order chi connectivity index (χ0) is 15.6. The van der Waals surface area contributed by atoms with Gasteiger partial charge in [-0.15, -0.1) is 0 Å². The summed E-state index contributed by atoms with van der Waals surface area (Å²) >= 11 is 6.33. The normalized spacial score (nSPS) is 12.5. The molecule has 1 unspecified atom stereocenters. The molecule has 2 aromatic rings. The van der Waals surface area contributed by atoms with Crippen LogP contribution in [-0.4, -0.2) is 6.54 Å². The summed E-state index contributed by atoms with van der Waals surface area (Å²) in [6, 6.07) is 7.05. The molecule has 0 saturated carbocycles. The quantitative estimate of drug-likeness (QED) is 0.844. The molecule has 4 heteroatoms. The molecule has 0 amide bonds. The maximum Gasteiger partial charge on any atom is 0.126 e. The lowest BCUT2D eigenvalue weighted by molar-refractivity contribution is 0.565. The minimum absolute atomic E-state index is 0.341. The van der Waals surface area contributed by atoms with Crippen LogP contribution in [0.25, 0.3) is 0 Å². The van der Waals surface area contributed by atoms with Gasteiger partial charge in [0.05, 0.1) is 6.04 Å². The van der Waals surface area contributed by atoms with E-state index in [4.69, 9.17) is 11.6 Å². The smallest absolute Gasteiger partial charge is 0.126 e. The number of aryl methyl sites for hydroxylation is 2. The van der Waals surface area contributed by atoms with Crippen LogP contribution >= 0.6 is 11.6 Å². The van der Waals surface area contributed by atoms with E-state index in [2.05, 4.69) is 5.32 Å². The lowest BCUT2D eigenvalue weighted by Gasteiger charge is -2.21. The van der Waals surface area contributed by atoms with Crippen molar-refractivity contribution in [2.24, 2.45) is 0 Å². The summed E-state index contributed by atoms with van der Waals surface area (Å²) in [7, 11) is 0. The lowest BCUT2D eigenvalue weighted by atomic mass is 9.95. The summed E-state index contributed by atoms with van der Waals surface area (Å²) < 4.78 is 27.0. The summed E-state index contributed by atoms with van der Waals surface area (Å²) in [4.78, 5) is 0. The van der Waals surface area contributed by atoms with Gasteiger partial charge >= 0.3 is 0 Å². The molecule has 2 rings (SSSR count). The molecule has 0 aromatic heterocycles. The average molecular weight is 310 g/mol. The number of nitrogens with one attached hydrogen (secondary N) is 1. The minimum atomic E-state index is -0.590. The molecule has 2 aromatic carbocycles. The van der Waals surface area contributed by atoms with Crippen LogP contribution in [0.3, 0.4) is 0 Å². The lowest BCUT2D eigenvalue weighted by Crippen LogP contribution is -2.23. The number of halogens is 3. The van der Waals surface area contributed by atoms with E-state index in [9.17, 15) is 8.78 Å². The predicted octanol–water partition coefficient (Wildman–Crippen LogP) is 4.93. The van der Waals surface area contributed by atoms with Gasteiger partial charge in [-0.1, -0.05) is 24.6 Å². The first-order valence-corrected chi connectivity index (χ1v) is 7.26. The van der Waals surface area contributed by atoms with E-state index in [-0.39, 0.29) is 6.04 Å². The topological polar surface area (TPSA) is 12.0 Å². The van der Waals surface area contributed by atoms with E-state index in [0.29, 0.717) is 17.1 Å². The van der Waals surface area contributed by atoms with E-state index in [0.717, 1.165) is 22.8 Å². The number of hydrogen-bond donors (Lipinski definition) is 1. The maximum atomic E-state index is 13.5. The molecule has 1 nitrogen and oxygen atoms in total. The molecule has 0 saturated heterocycles. The monoisotopic (exact) mass is 309 g/mol. The van der Waals surface area contributed by atoms with Gasteiger partial charge < -0.3 is 5.32 Å². The Labute approximate surface area is 128 Å². The van der Waals surface area contributed by atoms with Crippen molar-refractivity contribution in [3.8, 4) is 0 Å². The van der Waals surface area contributed by atoms with E-state index in [1.165, 1.54) is 12.1 Å². The van der Waals surface area contributed by atoms with Crippen molar-refractivity contribution in [2.75, 3.05) is 6.54 Å². The van der Waals surface area contributed by atoms with Crippen LogP contribution < -0.4 is 5.32 Å². The fourth-order valence-corrected chi connectivity index (χ4v) is 2.71. The molecule has 0 bridgehead atoms. The second kappa shape index (κ2) is 6.54. The molecular formula is C17H18ClF2N. The highest BCUT2D eigenvalue weighted by Gasteiger charge is 2.18. The highest BCUT2D eigenvalue weighted by Crippen LogP contribution is 2.31. The average Bonchev–Trinajstić information content (AvgIpc) is 2.39. The van der Waals surface area contributed by atoms with Gasteiger partial charge in [0.1, 0.15) is 11.6 Å². The Bertz CT molecular complexity index is 635. The third-order valence-electron chi connectivity index (χ3n) is 3.55. The Kier molecular flexibility index (Phi) is 4.96. The standard InChI is InChI=1S/C17H18ClF2N/c1-4-21-17(12-7-13(19)9-14(20)8-12)15-5-10(2)11(3)6-16(15)18/h5-9,17,21H,4H2,1-3H3. The first-order chi connectivity index (χ1) is 9.92. The number of rotatable bonds is 4. The van der Waals surface area contributed by atoms with Gasteiger partial charge in [-0.25, -0.2) is 8.78 Å². The Hall–Kier alpha value is -1.45. The van der Waals surface area contributed by atoms with Crippen LogP contribution in [0.4, 0.5) is 8.78 Å². The Morgan fingerprint density at radius 2 is 1.57 bits per heavy atom. The second-order valence-electron chi connectivity index (χ2n) is 5.15. The SMILES string of the molecule is CCNC(c1cc(F)cc(F)c1)c1cc(C)c(C)cc1Cl. The molecule has 0 aliphatic rings. The Morgan fingerprint density at radius 1 is 1.00 bits per heavy atom. The van der Waals surface area contributed by atoms with Crippen molar-refractivity contribution in [2.45, 2.75) is 26.8 Å². The zero-order valence-electron chi connectivity index (χ0n) is 12.3. The van der Waals surface area contributed by atoms with Crippen LogP contribution in [-0.2, 0) is 0 Å². The molecule has 0 heterocycles. The molecule has 21 heavy (non-hydrogen) atoms. The predicted molar refractivity (Wildman–Crippen MR) is 82.8 cm³/mol. The third kappa shape index (κ3) is 3.60. The maximum absolute atomic E-state index is 13.5. The molecule has 0 radical (unpaired) electrons. The van der Waals surface area contributed by atoms with Crippen molar-refractivity contribution >= 4 is 11.6 Å². The van der Waals surface area contributed by atoms with Gasteiger partial charge in [0.2, 0.25) is 0 Å². The largest absolute Gasteiger partial charge is 0.306 e. The Morgan fingerprint density at radius 3 is 2.14 bits per heavy atom. The van der Waals surface area contributed by atoms with Gasteiger partial charge in [0, 0.05) is 11.1 Å². The van der Waals surface area contributed by atoms with Gasteiger partial charge in [-0.05, 0) is 60.8 Å². The van der Waals surface area contributed by atoms with Gasteiger partial charge in [-0.2, -0.15) is 0 Å². The molecule has 0 spiro atoms. The van der Waals surface area contributed by atoms with E-state index in [1.807, 2.05) is 32.9 Å². The van der Waals surface area contributed by atoms with Crippen molar-refractivity contribution in [1.82, 2.24) is 5.32 Å². The summed E-state index contributed by atoms with van der Waals surface area (Å²) in [5.41, 5.74) is 3.53. The van der Waals surface area contributed by atoms with Crippen molar-refractivity contribution in [3.05, 3.63) is 69.2 Å². The molecular weight excluding hydrogens is 292 g/mol. The van der Waals surface area contributed by atoms with E-state index in [1.54, 1.807) is 0 Å². The molecule has 0 aliphatic carbocycles. The molecule has 1 N–H and O–H groups in total. The van der Waals surface area contributed by atoms with Gasteiger partial charge in [0.15, 0.2) is 0 Å². The molecule has 0 aliphatic heterocycles. The first kappa shape index (κ1) is 15.9. The minimum Gasteiger partial charge on any atom is -0.306 e. The molecule has 1 atom stereocenters. The fourth-order valence-electron chi connectivity index (χ4n) is 2.38. The van der Waals surface area contributed by atoms with Gasteiger partial charge in [-0.3, -0.25) is 0 Å². The highest BCUT2D eigenvalue weighted by molar-refractivity contribution is 6.31. The first-order valence-electron chi connectivity index (χ1n) is 6.88. The van der Waals surface area contributed by atoms with Gasteiger partial charge in [0.25, 0.3) is 0 Å². The summed E-state index contributed by atoms with van der Waals surface area (Å²) in [5.74, 6) is -1.18. The summed E-state index contributed by atoms with van der Waals surface area (Å²) in [6.45, 7) is 6.57. The second-order valence-corrected chi connectivity index (χ2v) is 5.56. The van der Waals surface area contributed by atoms with Crippen molar-refractivity contribution < 1.29 is 8.78 Å². The van der Waals surface area contributed by atoms with Crippen molar-refractivity contribution in [1.29, 1.82) is 0 Å². The molecule has 112 valence electrons. The zero-order valence-corrected chi connectivity index (χ0v) is 13.1.